The molecule has 108 valence electrons. The molecule has 21 heavy (non-hydrogen) atoms. The number of phenolic OH excluding ortho intramolecular Hbond substituents is 1. The molecule has 0 atom stereocenters. The number of rotatable bonds is 4. The summed E-state index contributed by atoms with van der Waals surface area (Å²) in [5, 5.41) is 37.6. The van der Waals surface area contributed by atoms with E-state index in [0.29, 0.717) is 0 Å². The van der Waals surface area contributed by atoms with Crippen LogP contribution in [0.25, 0.3) is 0 Å². The normalized spacial score (nSPS) is 10.3. The average molecular weight is 294 g/mol. The quantitative estimate of drug-likeness (QED) is 0.550. The lowest BCUT2D eigenvalue weighted by atomic mass is 9.76. The number of halogens is 2. The van der Waals surface area contributed by atoms with Crippen LogP contribution in [0.3, 0.4) is 0 Å². The number of aromatic hydroxyl groups is 1. The smallest absolute Gasteiger partial charge is 0.533 e. The Bertz CT molecular complexity index is 654. The maximum Gasteiger partial charge on any atom is 0.563 e. The number of hydrogen-bond donors (Lipinski definition) is 4. The van der Waals surface area contributed by atoms with Gasteiger partial charge in [-0.25, -0.2) is 8.78 Å². The van der Waals surface area contributed by atoms with Gasteiger partial charge in [-0.2, -0.15) is 0 Å². The molecule has 0 aliphatic rings. The van der Waals surface area contributed by atoms with E-state index in [-0.39, 0.29) is 16.7 Å². The van der Waals surface area contributed by atoms with Gasteiger partial charge in [0, 0.05) is 10.9 Å². The zero-order chi connectivity index (χ0) is 15.6. The van der Waals surface area contributed by atoms with E-state index in [4.69, 9.17) is 14.7 Å². The van der Waals surface area contributed by atoms with Crippen molar-refractivity contribution in [2.24, 2.45) is 0 Å². The first-order valence-electron chi connectivity index (χ1n) is 5.87. The van der Waals surface area contributed by atoms with Crippen molar-refractivity contribution in [2.75, 3.05) is 0 Å². The van der Waals surface area contributed by atoms with E-state index in [1.165, 1.54) is 0 Å². The maximum absolute atomic E-state index is 13.1. The minimum absolute atomic E-state index is 0.220. The van der Waals surface area contributed by atoms with E-state index in [9.17, 15) is 18.9 Å². The van der Waals surface area contributed by atoms with E-state index in [1.54, 1.807) is 0 Å². The molecule has 0 saturated heterocycles. The standard InChI is InChI=1S/C12H10B2F2O5/c15-7-1-3-11(17)9(5-7)14(20)21-12-4-2-8(16)6-10(12)13(18)19/h1-6,17-20H. The average Bonchev–Trinajstić information content (AvgIpc) is 2.43. The summed E-state index contributed by atoms with van der Waals surface area (Å²) >= 11 is 0. The molecule has 9 heteroatoms. The van der Waals surface area contributed by atoms with E-state index in [0.717, 1.165) is 36.4 Å². The second kappa shape index (κ2) is 6.13. The van der Waals surface area contributed by atoms with Gasteiger partial charge in [0.25, 0.3) is 0 Å². The van der Waals surface area contributed by atoms with Gasteiger partial charge >= 0.3 is 14.2 Å². The van der Waals surface area contributed by atoms with Gasteiger partial charge in [0.15, 0.2) is 0 Å². The lowest BCUT2D eigenvalue weighted by molar-refractivity contribution is 0.413. The van der Waals surface area contributed by atoms with Gasteiger partial charge in [0.05, 0.1) is 0 Å². The van der Waals surface area contributed by atoms with Gasteiger partial charge < -0.3 is 24.8 Å². The van der Waals surface area contributed by atoms with Gasteiger partial charge in [-0.1, -0.05) is 0 Å². The minimum Gasteiger partial charge on any atom is -0.533 e. The Morgan fingerprint density at radius 1 is 0.857 bits per heavy atom. The van der Waals surface area contributed by atoms with Crippen LogP contribution >= 0.6 is 0 Å². The van der Waals surface area contributed by atoms with Crippen molar-refractivity contribution in [1.82, 2.24) is 0 Å². The Labute approximate surface area is 119 Å². The van der Waals surface area contributed by atoms with Crippen LogP contribution in [0.4, 0.5) is 8.78 Å². The first kappa shape index (κ1) is 15.3. The van der Waals surface area contributed by atoms with E-state index >= 15 is 0 Å². The molecule has 2 aromatic carbocycles. The first-order chi connectivity index (χ1) is 9.88. The monoisotopic (exact) mass is 294 g/mol. The van der Waals surface area contributed by atoms with Crippen molar-refractivity contribution in [1.29, 1.82) is 0 Å². The first-order valence-corrected chi connectivity index (χ1v) is 5.87. The van der Waals surface area contributed by atoms with E-state index in [1.807, 2.05) is 0 Å². The molecular weight excluding hydrogens is 284 g/mol. The summed E-state index contributed by atoms with van der Waals surface area (Å²) in [6, 6.07) is 5.76. The summed E-state index contributed by atoms with van der Waals surface area (Å²) in [6.45, 7) is 0. The SMILES string of the molecule is OB(Oc1ccc(F)cc1B(O)O)c1cc(F)ccc1O. The molecule has 2 aromatic rings. The third kappa shape index (κ3) is 3.52. The molecule has 0 unspecified atom stereocenters. The van der Waals surface area contributed by atoms with Crippen molar-refractivity contribution in [3.63, 3.8) is 0 Å². The molecule has 0 fully saturated rings. The third-order valence-corrected chi connectivity index (χ3v) is 2.74. The van der Waals surface area contributed by atoms with Gasteiger partial charge in [-0.05, 0) is 36.4 Å². The van der Waals surface area contributed by atoms with Crippen LogP contribution in [0.5, 0.6) is 11.5 Å². The van der Waals surface area contributed by atoms with Crippen molar-refractivity contribution >= 4 is 25.2 Å². The minimum atomic E-state index is -2.02. The molecule has 0 aliphatic carbocycles. The molecule has 0 aliphatic heterocycles. The van der Waals surface area contributed by atoms with Crippen molar-refractivity contribution < 1.29 is 33.6 Å². The highest BCUT2D eigenvalue weighted by atomic mass is 19.1. The summed E-state index contributed by atoms with van der Waals surface area (Å²) in [5.41, 5.74) is -0.567. The van der Waals surface area contributed by atoms with Crippen molar-refractivity contribution in [2.45, 2.75) is 0 Å². The molecule has 0 bridgehead atoms. The Morgan fingerprint density at radius 3 is 2.05 bits per heavy atom. The summed E-state index contributed by atoms with van der Waals surface area (Å²) in [6.07, 6.45) is 0. The zero-order valence-corrected chi connectivity index (χ0v) is 10.6. The summed E-state index contributed by atoms with van der Waals surface area (Å²) in [5.74, 6) is -2.06. The van der Waals surface area contributed by atoms with Crippen LogP contribution < -0.4 is 15.6 Å². The van der Waals surface area contributed by atoms with Gasteiger partial charge in [0.2, 0.25) is 0 Å². The lowest BCUT2D eigenvalue weighted by Crippen LogP contribution is -2.40. The molecule has 0 radical (unpaired) electrons. The van der Waals surface area contributed by atoms with Crippen LogP contribution in [-0.2, 0) is 0 Å². The highest BCUT2D eigenvalue weighted by Crippen LogP contribution is 2.13. The van der Waals surface area contributed by atoms with E-state index < -0.39 is 31.6 Å². The molecular formula is C12H10B2F2O5. The van der Waals surface area contributed by atoms with Gasteiger partial charge in [-0.15, -0.1) is 0 Å². The molecule has 5 nitrogen and oxygen atoms in total. The fraction of sp³-hybridized carbons (Fsp3) is 0. The fourth-order valence-corrected chi connectivity index (χ4v) is 1.74. The third-order valence-electron chi connectivity index (χ3n) is 2.74. The molecule has 2 rings (SSSR count). The maximum atomic E-state index is 13.1. The fourth-order valence-electron chi connectivity index (χ4n) is 1.74. The number of phenols is 1. The summed E-state index contributed by atoms with van der Waals surface area (Å²) in [4.78, 5) is 0. The summed E-state index contributed by atoms with van der Waals surface area (Å²) in [7, 11) is -3.80. The lowest BCUT2D eigenvalue weighted by Gasteiger charge is -2.14. The van der Waals surface area contributed by atoms with Crippen LogP contribution in [0, 0.1) is 11.6 Å². The van der Waals surface area contributed by atoms with Crippen LogP contribution in [-0.4, -0.2) is 34.4 Å². The Hall–Kier alpha value is -2.09. The second-order valence-corrected chi connectivity index (χ2v) is 4.23. The topological polar surface area (TPSA) is 90.2 Å². The molecule has 0 amide bonds. The number of hydrogen-bond acceptors (Lipinski definition) is 5. The Kier molecular flexibility index (Phi) is 4.46. The predicted octanol–water partition coefficient (Wildman–Crippen LogP) is -0.883. The van der Waals surface area contributed by atoms with Crippen LogP contribution in [0.2, 0.25) is 0 Å². The zero-order valence-electron chi connectivity index (χ0n) is 10.6. The van der Waals surface area contributed by atoms with Gasteiger partial charge in [0.1, 0.15) is 23.1 Å². The van der Waals surface area contributed by atoms with E-state index in [2.05, 4.69) is 0 Å². The van der Waals surface area contributed by atoms with Crippen LogP contribution in [0.15, 0.2) is 36.4 Å². The number of benzene rings is 2. The Morgan fingerprint density at radius 2 is 1.43 bits per heavy atom. The molecule has 0 saturated carbocycles. The van der Waals surface area contributed by atoms with Gasteiger partial charge in [-0.3, -0.25) is 0 Å². The second-order valence-electron chi connectivity index (χ2n) is 4.23. The highest BCUT2D eigenvalue weighted by Gasteiger charge is 2.27. The van der Waals surface area contributed by atoms with Crippen LogP contribution in [0.1, 0.15) is 0 Å². The Balaban J connectivity index is 2.31. The molecule has 4 N–H and O–H groups in total. The highest BCUT2D eigenvalue weighted by molar-refractivity contribution is 6.63. The molecule has 0 aromatic heterocycles. The largest absolute Gasteiger partial charge is 0.563 e. The van der Waals surface area contributed by atoms with Crippen molar-refractivity contribution in [3.8, 4) is 11.5 Å². The molecule has 0 heterocycles. The van der Waals surface area contributed by atoms with Crippen molar-refractivity contribution in [3.05, 3.63) is 48.0 Å². The predicted molar refractivity (Wildman–Crippen MR) is 72.5 cm³/mol. The molecule has 0 spiro atoms. The summed E-state index contributed by atoms with van der Waals surface area (Å²) < 4.78 is 31.2.